The van der Waals surface area contributed by atoms with Crippen LogP contribution in [0.25, 0.3) is 0 Å². The lowest BCUT2D eigenvalue weighted by atomic mass is 10.2. The summed E-state index contributed by atoms with van der Waals surface area (Å²) in [5, 5.41) is 25.6. The molecule has 23 heavy (non-hydrogen) atoms. The number of non-ortho nitro benzene ring substituents is 1. The van der Waals surface area contributed by atoms with Crippen LogP contribution in [0, 0.1) is 26.1 Å². The zero-order chi connectivity index (χ0) is 16.4. The van der Waals surface area contributed by atoms with Crippen molar-refractivity contribution < 1.29 is 9.85 Å². The Bertz CT molecular complexity index is 720. The minimum Gasteiger partial charge on any atom is -0.272 e. The van der Waals surface area contributed by atoms with Crippen molar-refractivity contribution >= 4 is 23.3 Å². The molecule has 0 radical (unpaired) electrons. The Morgan fingerprint density at radius 3 is 2.70 bits per heavy atom. The molecule has 0 bridgehead atoms. The van der Waals surface area contributed by atoms with Crippen LogP contribution in [-0.2, 0) is 0 Å². The number of rotatable bonds is 7. The first-order valence-corrected chi connectivity index (χ1v) is 7.47. The summed E-state index contributed by atoms with van der Waals surface area (Å²) in [5.74, 6) is 0.702. The van der Waals surface area contributed by atoms with Gasteiger partial charge in [0.2, 0.25) is 0 Å². The van der Waals surface area contributed by atoms with Crippen molar-refractivity contribution in [1.29, 1.82) is 0 Å². The van der Waals surface area contributed by atoms with Crippen LogP contribution < -0.4 is 5.43 Å². The van der Waals surface area contributed by atoms with Crippen molar-refractivity contribution in [3.8, 4) is 0 Å². The second-order valence-corrected chi connectivity index (χ2v) is 5.75. The van der Waals surface area contributed by atoms with E-state index >= 15 is 0 Å². The first-order chi connectivity index (χ1) is 11.1. The molecule has 1 N–H and O–H groups in total. The number of allylic oxidation sites excluding steroid dienone is 2. The zero-order valence-corrected chi connectivity index (χ0v) is 12.4. The highest BCUT2D eigenvalue weighted by Crippen LogP contribution is 2.50. The molecule has 1 unspecified atom stereocenters. The predicted octanol–water partition coefficient (Wildman–Crippen LogP) is 3.79. The molecular weight excluding hydrogens is 300 g/mol. The zero-order valence-electron chi connectivity index (χ0n) is 12.4. The Morgan fingerprint density at radius 2 is 2.04 bits per heavy atom. The maximum absolute atomic E-state index is 11.0. The number of nitro groups is 2. The molecule has 8 nitrogen and oxygen atoms in total. The lowest BCUT2D eigenvalue weighted by molar-refractivity contribution is -0.393. The molecule has 1 atom stereocenters. The van der Waals surface area contributed by atoms with Gasteiger partial charge in [0.25, 0.3) is 5.69 Å². The van der Waals surface area contributed by atoms with Gasteiger partial charge in [-0.15, -0.1) is 0 Å². The summed E-state index contributed by atoms with van der Waals surface area (Å²) in [4.78, 5) is 20.3. The number of nitrogens with zero attached hydrogens (tertiary/aromatic N) is 3. The number of benzene rings is 1. The largest absolute Gasteiger partial charge is 0.301 e. The minimum atomic E-state index is -0.665. The van der Waals surface area contributed by atoms with Crippen molar-refractivity contribution in [3.05, 3.63) is 49.6 Å². The van der Waals surface area contributed by atoms with E-state index in [9.17, 15) is 20.2 Å². The summed E-state index contributed by atoms with van der Waals surface area (Å²) in [7, 11) is 0. The molecule has 0 saturated heterocycles. The van der Waals surface area contributed by atoms with Gasteiger partial charge in [0, 0.05) is 12.3 Å². The number of anilines is 1. The van der Waals surface area contributed by atoms with E-state index in [0.29, 0.717) is 5.92 Å². The van der Waals surface area contributed by atoms with Crippen molar-refractivity contribution in [2.75, 3.05) is 5.43 Å². The minimum absolute atomic E-state index is 0.143. The Kier molecular flexibility index (Phi) is 4.05. The summed E-state index contributed by atoms with van der Waals surface area (Å²) in [6, 6.07) is 3.43. The third kappa shape index (κ3) is 3.71. The van der Waals surface area contributed by atoms with Crippen molar-refractivity contribution in [3.63, 3.8) is 0 Å². The highest BCUT2D eigenvalue weighted by molar-refractivity contribution is 5.67. The average Bonchev–Trinajstić information content (AvgIpc) is 3.39. The monoisotopic (exact) mass is 316 g/mol. The van der Waals surface area contributed by atoms with Crippen LogP contribution in [0.15, 0.2) is 34.4 Å². The Balaban J connectivity index is 1.54. The van der Waals surface area contributed by atoms with Gasteiger partial charge >= 0.3 is 5.69 Å². The molecular formula is C15H16N4O4. The topological polar surface area (TPSA) is 111 Å². The van der Waals surface area contributed by atoms with Crippen LogP contribution in [0.1, 0.15) is 32.1 Å². The van der Waals surface area contributed by atoms with E-state index in [2.05, 4.69) is 10.5 Å². The number of nitro benzene ring substituents is 2. The van der Waals surface area contributed by atoms with E-state index in [1.54, 1.807) is 17.4 Å². The van der Waals surface area contributed by atoms with Gasteiger partial charge in [-0.1, -0.05) is 11.1 Å². The molecule has 0 spiro atoms. The maximum atomic E-state index is 11.0. The summed E-state index contributed by atoms with van der Waals surface area (Å²) in [6.45, 7) is 0. The Labute approximate surface area is 132 Å². The van der Waals surface area contributed by atoms with Crippen molar-refractivity contribution in [2.45, 2.75) is 32.1 Å². The lowest BCUT2D eigenvalue weighted by Gasteiger charge is -2.01. The highest BCUT2D eigenvalue weighted by Gasteiger charge is 2.34. The third-order valence-corrected chi connectivity index (χ3v) is 4.06. The maximum Gasteiger partial charge on any atom is 0.301 e. The fraction of sp³-hybridized carbons (Fsp3) is 0.400. The van der Waals surface area contributed by atoms with Crippen LogP contribution in [-0.4, -0.2) is 16.1 Å². The van der Waals surface area contributed by atoms with Gasteiger partial charge < -0.3 is 0 Å². The molecule has 0 amide bonds. The van der Waals surface area contributed by atoms with E-state index in [0.717, 1.165) is 18.9 Å². The molecule has 120 valence electrons. The molecule has 0 heterocycles. The SMILES string of the molecule is O=[N+]([O-])c1ccc(NN=CCCC2CC2=C2CC2)c([N+](=O)[O-])c1. The smallest absolute Gasteiger partial charge is 0.272 e. The summed E-state index contributed by atoms with van der Waals surface area (Å²) >= 11 is 0. The third-order valence-electron chi connectivity index (χ3n) is 4.06. The van der Waals surface area contributed by atoms with Crippen molar-refractivity contribution in [1.82, 2.24) is 0 Å². The number of hydrogen-bond donors (Lipinski definition) is 1. The van der Waals surface area contributed by atoms with Gasteiger partial charge in [0.1, 0.15) is 5.69 Å². The predicted molar refractivity (Wildman–Crippen MR) is 85.5 cm³/mol. The molecule has 0 aliphatic heterocycles. The molecule has 0 aromatic heterocycles. The Hall–Kier alpha value is -2.77. The van der Waals surface area contributed by atoms with E-state index in [-0.39, 0.29) is 17.1 Å². The average molecular weight is 316 g/mol. The van der Waals surface area contributed by atoms with Crippen LogP contribution in [0.5, 0.6) is 0 Å². The number of nitrogens with one attached hydrogen (secondary N) is 1. The summed E-state index contributed by atoms with van der Waals surface area (Å²) in [6.07, 6.45) is 7.29. The van der Waals surface area contributed by atoms with Gasteiger partial charge in [0.15, 0.2) is 0 Å². The summed E-state index contributed by atoms with van der Waals surface area (Å²) < 4.78 is 0. The first-order valence-electron chi connectivity index (χ1n) is 7.47. The quantitative estimate of drug-likeness (QED) is 0.356. The molecule has 8 heteroatoms. The second kappa shape index (κ2) is 6.15. The normalized spacial score (nSPS) is 19.0. The van der Waals surface area contributed by atoms with Crippen LogP contribution >= 0.6 is 0 Å². The van der Waals surface area contributed by atoms with Crippen molar-refractivity contribution in [2.24, 2.45) is 11.0 Å². The highest BCUT2D eigenvalue weighted by atomic mass is 16.6. The number of hydrazone groups is 1. The van der Waals surface area contributed by atoms with Crippen LogP contribution in [0.4, 0.5) is 17.1 Å². The van der Waals surface area contributed by atoms with Gasteiger partial charge in [0.05, 0.1) is 15.9 Å². The van der Waals surface area contributed by atoms with Crippen LogP contribution in [0.3, 0.4) is 0 Å². The van der Waals surface area contributed by atoms with E-state index < -0.39 is 9.85 Å². The standard InChI is InChI=1S/C15H16N4O4/c20-18(21)12-5-6-14(15(9-12)19(22)23)17-16-7-1-2-11-8-13(11)10-3-4-10/h5-7,9,11,17H,1-4,8H2. The van der Waals surface area contributed by atoms with E-state index in [1.807, 2.05) is 0 Å². The molecule has 2 fully saturated rings. The fourth-order valence-corrected chi connectivity index (χ4v) is 2.63. The number of hydrogen-bond acceptors (Lipinski definition) is 6. The molecule has 2 aliphatic rings. The summed E-state index contributed by atoms with van der Waals surface area (Å²) in [5.41, 5.74) is 5.31. The lowest BCUT2D eigenvalue weighted by Crippen LogP contribution is -1.98. The van der Waals surface area contributed by atoms with E-state index in [1.165, 1.54) is 31.4 Å². The molecule has 1 aromatic carbocycles. The van der Waals surface area contributed by atoms with E-state index in [4.69, 9.17) is 0 Å². The van der Waals surface area contributed by atoms with Gasteiger partial charge in [-0.2, -0.15) is 5.10 Å². The van der Waals surface area contributed by atoms with Gasteiger partial charge in [-0.25, -0.2) is 0 Å². The van der Waals surface area contributed by atoms with Crippen LogP contribution in [0.2, 0.25) is 0 Å². The molecule has 2 aliphatic carbocycles. The fourth-order valence-electron chi connectivity index (χ4n) is 2.63. The second-order valence-electron chi connectivity index (χ2n) is 5.75. The first kappa shape index (κ1) is 15.1. The van der Waals surface area contributed by atoms with Gasteiger partial charge in [-0.05, 0) is 44.1 Å². The molecule has 2 saturated carbocycles. The molecule has 1 aromatic rings. The Morgan fingerprint density at radius 1 is 1.26 bits per heavy atom. The van der Waals surface area contributed by atoms with Gasteiger partial charge in [-0.3, -0.25) is 25.7 Å². The molecule has 3 rings (SSSR count).